The molecule has 5 aromatic rings. The number of nitrogens with one attached hydrogen (secondary N) is 4. The smallest absolute Gasteiger partial charge is 0.407 e. The van der Waals surface area contributed by atoms with Crippen molar-refractivity contribution in [2.75, 3.05) is 27.3 Å². The molecule has 328 valence electrons. The van der Waals surface area contributed by atoms with Crippen molar-refractivity contribution in [1.29, 1.82) is 5.26 Å². The first-order valence-corrected chi connectivity index (χ1v) is 21.4. The molecule has 2 fully saturated rings. The van der Waals surface area contributed by atoms with Crippen LogP contribution in [0.2, 0.25) is 0 Å². The van der Waals surface area contributed by atoms with E-state index in [0.717, 1.165) is 69.5 Å². The molecule has 15 nitrogen and oxygen atoms in total. The summed E-state index contributed by atoms with van der Waals surface area (Å²) in [4.78, 5) is 71.6. The van der Waals surface area contributed by atoms with Gasteiger partial charge in [0.05, 0.1) is 62.2 Å². The number of hydrogen-bond acceptors (Lipinski definition) is 9. The molecule has 7 rings (SSSR count). The largest absolute Gasteiger partial charge is 0.453 e. The van der Waals surface area contributed by atoms with E-state index in [-0.39, 0.29) is 48.1 Å². The Balaban J connectivity index is 1.06. The number of aromatic amines is 2. The van der Waals surface area contributed by atoms with Crippen LogP contribution < -0.4 is 10.6 Å². The summed E-state index contributed by atoms with van der Waals surface area (Å²) in [5.41, 5.74) is 6.22. The molecule has 1 saturated heterocycles. The van der Waals surface area contributed by atoms with Crippen molar-refractivity contribution in [1.82, 2.24) is 40.4 Å². The molecule has 1 aliphatic carbocycles. The number of H-pyrrole nitrogens is 2. The van der Waals surface area contributed by atoms with Crippen molar-refractivity contribution in [2.45, 2.75) is 78.4 Å². The Hall–Kier alpha value is -6.95. The Bertz CT molecular complexity index is 2560. The molecule has 3 heterocycles. The minimum Gasteiger partial charge on any atom is -0.453 e. The third-order valence-corrected chi connectivity index (χ3v) is 12.2. The Morgan fingerprint density at radius 3 is 2.02 bits per heavy atom. The van der Waals surface area contributed by atoms with Crippen LogP contribution >= 0.6 is 0 Å². The number of alkyl carbamates (subject to hydrolysis) is 2. The molecular weight excluding hydrogens is 799 g/mol. The fourth-order valence-electron chi connectivity index (χ4n) is 8.43. The Morgan fingerprint density at radius 2 is 1.41 bits per heavy atom. The standard InChI is InChI=1S/C48H55N9O6/c1-8-38(56(21-9-20-49)44(58)40(28(2)3)54-46(60)62-6)42-50-26-37(53-42)35-17-16-33-22-32(14-15-34(33)23-35)30-10-12-31(13-11-30)36-25-51-43(52-36)39-24-48(18-19-48)27-57(39)45(59)41(29(4)5)55-47(61)63-7/h8,10-17,22-23,25-26,28-29,39-41H,9,18-19,21,24,27H2,1-7H3,(H,50,53)(H,51,52)(H,54,60)(H,55,61)/b38-8-/t39-,40-,41-/m0/s1. The maximum absolute atomic E-state index is 13.9. The number of carbonyl (C=O) groups excluding carboxylic acids is 4. The molecular formula is C48H55N9O6. The summed E-state index contributed by atoms with van der Waals surface area (Å²) in [5, 5.41) is 16.9. The fraction of sp³-hybridized carbons (Fsp3) is 0.396. The predicted molar refractivity (Wildman–Crippen MR) is 239 cm³/mol. The normalized spacial score (nSPS) is 16.5. The van der Waals surface area contributed by atoms with Crippen LogP contribution in [0.1, 0.15) is 78.0 Å². The molecule has 0 radical (unpaired) electrons. The van der Waals surface area contributed by atoms with Crippen molar-refractivity contribution in [3.05, 3.63) is 90.8 Å². The van der Waals surface area contributed by atoms with E-state index in [0.29, 0.717) is 18.1 Å². The topological polar surface area (TPSA) is 198 Å². The second kappa shape index (κ2) is 18.6. The van der Waals surface area contributed by atoms with Gasteiger partial charge in [0.25, 0.3) is 0 Å². The Labute approximate surface area is 367 Å². The van der Waals surface area contributed by atoms with Crippen LogP contribution in [0.25, 0.3) is 50.1 Å². The average Bonchev–Trinajstić information content (AvgIpc) is 3.61. The van der Waals surface area contributed by atoms with Gasteiger partial charge in [0, 0.05) is 18.7 Å². The number of hydrogen-bond donors (Lipinski definition) is 4. The number of rotatable bonds is 14. The van der Waals surface area contributed by atoms with E-state index >= 15 is 0 Å². The van der Waals surface area contributed by atoms with Gasteiger partial charge in [0.15, 0.2) is 5.82 Å². The molecule has 63 heavy (non-hydrogen) atoms. The lowest BCUT2D eigenvalue weighted by molar-refractivity contribution is -0.135. The van der Waals surface area contributed by atoms with Gasteiger partial charge in [0.1, 0.15) is 17.9 Å². The van der Waals surface area contributed by atoms with Crippen LogP contribution in [0, 0.1) is 28.6 Å². The lowest BCUT2D eigenvalue weighted by atomic mass is 9.98. The number of likely N-dealkylation sites (tertiary alicyclic amines) is 1. The van der Waals surface area contributed by atoms with Crippen molar-refractivity contribution in [3.8, 4) is 39.7 Å². The summed E-state index contributed by atoms with van der Waals surface area (Å²) in [5.74, 6) is 0.348. The number of nitriles is 1. The molecule has 3 atom stereocenters. The average molecular weight is 854 g/mol. The van der Waals surface area contributed by atoms with Gasteiger partial charge in [-0.3, -0.25) is 9.59 Å². The molecule has 0 bridgehead atoms. The number of fused-ring (bicyclic) bond motifs is 1. The van der Waals surface area contributed by atoms with Crippen molar-refractivity contribution in [3.63, 3.8) is 0 Å². The first kappa shape index (κ1) is 44.1. The summed E-state index contributed by atoms with van der Waals surface area (Å²) >= 11 is 0. The third-order valence-electron chi connectivity index (χ3n) is 12.2. The SMILES string of the molecule is C/C=C(/c1ncc(-c2ccc3cc(-c4ccc(-c5cnc([C@@H]6CC7(CC7)CN6C(=O)[C@@H](NC(=O)OC)C(C)C)[nH]5)cc4)ccc3c2)[nH]1)N(CCC#N)C(=O)[C@@H](NC(=O)OC)C(C)C. The molecule has 1 saturated carbocycles. The maximum atomic E-state index is 13.9. The summed E-state index contributed by atoms with van der Waals surface area (Å²) in [6.45, 7) is 10.1. The molecule has 2 aliphatic rings. The van der Waals surface area contributed by atoms with Crippen LogP contribution in [0.4, 0.5) is 9.59 Å². The first-order valence-electron chi connectivity index (χ1n) is 21.4. The fourth-order valence-corrected chi connectivity index (χ4v) is 8.43. The van der Waals surface area contributed by atoms with Gasteiger partial charge < -0.3 is 39.9 Å². The second-order valence-electron chi connectivity index (χ2n) is 17.2. The lowest BCUT2D eigenvalue weighted by Crippen LogP contribution is -2.51. The highest BCUT2D eigenvalue weighted by molar-refractivity contribution is 5.93. The third kappa shape index (κ3) is 9.45. The van der Waals surface area contributed by atoms with Crippen LogP contribution in [0.5, 0.6) is 0 Å². The highest BCUT2D eigenvalue weighted by Gasteiger charge is 2.55. The van der Waals surface area contributed by atoms with E-state index in [9.17, 15) is 24.4 Å². The molecule has 1 spiro atoms. The van der Waals surface area contributed by atoms with E-state index in [4.69, 9.17) is 14.5 Å². The van der Waals surface area contributed by atoms with Crippen molar-refractivity contribution in [2.24, 2.45) is 17.3 Å². The zero-order valence-electron chi connectivity index (χ0n) is 36.8. The van der Waals surface area contributed by atoms with Crippen LogP contribution in [0.3, 0.4) is 0 Å². The summed E-state index contributed by atoms with van der Waals surface area (Å²) in [7, 11) is 2.54. The van der Waals surface area contributed by atoms with E-state index in [1.807, 2.05) is 44.9 Å². The predicted octanol–water partition coefficient (Wildman–Crippen LogP) is 8.20. The number of allylic oxidation sites excluding steroid dienone is 1. The Kier molecular flexibility index (Phi) is 13.0. The molecule has 2 aromatic heterocycles. The monoisotopic (exact) mass is 853 g/mol. The van der Waals surface area contributed by atoms with E-state index in [1.54, 1.807) is 19.2 Å². The highest BCUT2D eigenvalue weighted by Crippen LogP contribution is 2.58. The van der Waals surface area contributed by atoms with Crippen molar-refractivity contribution < 1.29 is 28.7 Å². The minimum atomic E-state index is -0.875. The van der Waals surface area contributed by atoms with Gasteiger partial charge in [-0.15, -0.1) is 0 Å². The molecule has 4 N–H and O–H groups in total. The number of methoxy groups -OCH3 is 2. The number of benzene rings is 3. The summed E-state index contributed by atoms with van der Waals surface area (Å²) < 4.78 is 9.58. The first-order chi connectivity index (χ1) is 30.3. The number of nitrogens with zero attached hydrogens (tertiary/aromatic N) is 5. The Morgan fingerprint density at radius 1 is 0.841 bits per heavy atom. The van der Waals surface area contributed by atoms with Crippen LogP contribution in [0.15, 0.2) is 79.1 Å². The summed E-state index contributed by atoms with van der Waals surface area (Å²) in [6, 6.07) is 21.2. The maximum Gasteiger partial charge on any atom is 0.407 e. The van der Waals surface area contributed by atoms with Crippen LogP contribution in [-0.4, -0.2) is 93.1 Å². The molecule has 1 aliphatic heterocycles. The van der Waals surface area contributed by atoms with Gasteiger partial charge in [0.2, 0.25) is 11.8 Å². The van der Waals surface area contributed by atoms with Gasteiger partial charge in [-0.2, -0.15) is 5.26 Å². The van der Waals surface area contributed by atoms with E-state index in [1.165, 1.54) is 19.1 Å². The number of carbonyl (C=O) groups is 4. The number of amides is 4. The van der Waals surface area contributed by atoms with Crippen LogP contribution in [-0.2, 0) is 19.1 Å². The zero-order chi connectivity index (χ0) is 45.0. The number of imidazole rings is 2. The molecule has 3 aromatic carbocycles. The van der Waals surface area contributed by atoms with Gasteiger partial charge >= 0.3 is 12.2 Å². The van der Waals surface area contributed by atoms with E-state index in [2.05, 4.69) is 86.3 Å². The molecule has 15 heteroatoms. The number of ether oxygens (including phenoxy) is 2. The van der Waals surface area contributed by atoms with Gasteiger partial charge in [-0.25, -0.2) is 19.6 Å². The molecule has 0 unspecified atom stereocenters. The van der Waals surface area contributed by atoms with Gasteiger partial charge in [-0.05, 0) is 83.0 Å². The number of aromatic nitrogens is 4. The summed E-state index contributed by atoms with van der Waals surface area (Å²) in [6.07, 6.45) is 7.05. The van der Waals surface area contributed by atoms with Gasteiger partial charge in [-0.1, -0.05) is 82.3 Å². The quantitative estimate of drug-likeness (QED) is 0.0850. The minimum absolute atomic E-state index is 0.0889. The molecule has 4 amide bonds. The van der Waals surface area contributed by atoms with E-state index < -0.39 is 24.3 Å². The zero-order valence-corrected chi connectivity index (χ0v) is 36.8. The van der Waals surface area contributed by atoms with Crippen molar-refractivity contribution >= 4 is 40.5 Å². The second-order valence-corrected chi connectivity index (χ2v) is 17.2. The highest BCUT2D eigenvalue weighted by atomic mass is 16.5. The lowest BCUT2D eigenvalue weighted by Gasteiger charge is -2.30.